The zero-order valence-electron chi connectivity index (χ0n) is 6.86. The van der Waals surface area contributed by atoms with E-state index in [2.05, 4.69) is 4.98 Å². The van der Waals surface area contributed by atoms with Crippen molar-refractivity contribution in [3.05, 3.63) is 16.6 Å². The summed E-state index contributed by atoms with van der Waals surface area (Å²) in [6, 6.07) is 0. The molecule has 0 radical (unpaired) electrons. The van der Waals surface area contributed by atoms with Gasteiger partial charge in [-0.05, 0) is 0 Å². The third kappa shape index (κ3) is 2.02. The van der Waals surface area contributed by atoms with Gasteiger partial charge >= 0.3 is 0 Å². The van der Waals surface area contributed by atoms with Crippen molar-refractivity contribution in [1.29, 1.82) is 0 Å². The summed E-state index contributed by atoms with van der Waals surface area (Å²) in [5.41, 5.74) is 7.45. The van der Waals surface area contributed by atoms with E-state index in [1.54, 1.807) is 22.8 Å². The molecule has 1 amide bonds. The van der Waals surface area contributed by atoms with Gasteiger partial charge in [0.25, 0.3) is 5.91 Å². The van der Waals surface area contributed by atoms with E-state index in [-0.39, 0.29) is 5.91 Å². The van der Waals surface area contributed by atoms with Crippen molar-refractivity contribution in [2.24, 2.45) is 5.73 Å². The van der Waals surface area contributed by atoms with Gasteiger partial charge in [-0.2, -0.15) is 0 Å². The zero-order chi connectivity index (χ0) is 8.97. The molecule has 12 heavy (non-hydrogen) atoms. The fourth-order valence-corrected chi connectivity index (χ4v) is 1.33. The van der Waals surface area contributed by atoms with Crippen LogP contribution in [0, 0.1) is 0 Å². The monoisotopic (exact) mass is 185 g/mol. The van der Waals surface area contributed by atoms with Gasteiger partial charge in [0.05, 0.1) is 5.51 Å². The van der Waals surface area contributed by atoms with E-state index in [0.29, 0.717) is 18.8 Å². The van der Waals surface area contributed by atoms with E-state index >= 15 is 0 Å². The molecule has 1 rings (SSSR count). The summed E-state index contributed by atoms with van der Waals surface area (Å²) in [5.74, 6) is -0.0679. The Kier molecular flexibility index (Phi) is 3.19. The molecule has 0 aliphatic rings. The summed E-state index contributed by atoms with van der Waals surface area (Å²) in [5, 5.41) is 1.73. The molecule has 0 aliphatic carbocycles. The van der Waals surface area contributed by atoms with Crippen LogP contribution in [0.2, 0.25) is 0 Å². The number of hydrogen-bond acceptors (Lipinski definition) is 4. The number of rotatable bonds is 3. The van der Waals surface area contributed by atoms with Gasteiger partial charge in [0, 0.05) is 25.5 Å². The number of aromatic nitrogens is 1. The van der Waals surface area contributed by atoms with Crippen molar-refractivity contribution in [2.45, 2.75) is 0 Å². The van der Waals surface area contributed by atoms with Gasteiger partial charge in [-0.25, -0.2) is 4.98 Å². The van der Waals surface area contributed by atoms with Crippen molar-refractivity contribution >= 4 is 17.2 Å². The topological polar surface area (TPSA) is 59.2 Å². The molecule has 1 aromatic rings. The lowest BCUT2D eigenvalue weighted by atomic mass is 10.4. The Balaban J connectivity index is 2.59. The number of carbonyl (C=O) groups is 1. The second kappa shape index (κ2) is 4.18. The lowest BCUT2D eigenvalue weighted by molar-refractivity contribution is 0.0794. The summed E-state index contributed by atoms with van der Waals surface area (Å²) in [6.07, 6.45) is 0. The molecular weight excluding hydrogens is 174 g/mol. The second-order valence-electron chi connectivity index (χ2n) is 2.39. The Hall–Kier alpha value is -0.940. The summed E-state index contributed by atoms with van der Waals surface area (Å²) in [4.78, 5) is 16.9. The third-order valence-corrected chi connectivity index (χ3v) is 2.05. The highest BCUT2D eigenvalue weighted by Gasteiger charge is 2.11. The van der Waals surface area contributed by atoms with Gasteiger partial charge < -0.3 is 10.6 Å². The van der Waals surface area contributed by atoms with Gasteiger partial charge in [0.15, 0.2) is 0 Å². The number of hydrogen-bond donors (Lipinski definition) is 1. The first-order valence-electron chi connectivity index (χ1n) is 3.59. The highest BCUT2D eigenvalue weighted by atomic mass is 32.1. The Labute approximate surface area is 75.0 Å². The molecule has 0 fully saturated rings. The maximum atomic E-state index is 11.4. The second-order valence-corrected chi connectivity index (χ2v) is 3.11. The Morgan fingerprint density at radius 3 is 3.08 bits per heavy atom. The number of thiazole rings is 1. The van der Waals surface area contributed by atoms with Crippen LogP contribution < -0.4 is 5.73 Å². The maximum Gasteiger partial charge on any atom is 0.273 e. The smallest absolute Gasteiger partial charge is 0.273 e. The molecule has 1 aromatic heterocycles. The van der Waals surface area contributed by atoms with Crippen molar-refractivity contribution in [3.8, 4) is 0 Å². The Morgan fingerprint density at radius 1 is 1.83 bits per heavy atom. The fraction of sp³-hybridized carbons (Fsp3) is 0.429. The summed E-state index contributed by atoms with van der Waals surface area (Å²) in [7, 11) is 1.72. The molecule has 5 heteroatoms. The van der Waals surface area contributed by atoms with Gasteiger partial charge in [0.2, 0.25) is 0 Å². The Bertz CT molecular complexity index is 247. The molecule has 2 N–H and O–H groups in total. The van der Waals surface area contributed by atoms with Crippen LogP contribution in [0.1, 0.15) is 10.5 Å². The van der Waals surface area contributed by atoms with Gasteiger partial charge in [0.1, 0.15) is 5.69 Å². The molecule has 4 nitrogen and oxygen atoms in total. The van der Waals surface area contributed by atoms with E-state index in [4.69, 9.17) is 5.73 Å². The molecule has 0 bridgehead atoms. The van der Waals surface area contributed by atoms with Crippen LogP contribution in [0.25, 0.3) is 0 Å². The van der Waals surface area contributed by atoms with Gasteiger partial charge in [-0.15, -0.1) is 11.3 Å². The quantitative estimate of drug-likeness (QED) is 0.730. The summed E-state index contributed by atoms with van der Waals surface area (Å²) >= 11 is 1.41. The van der Waals surface area contributed by atoms with E-state index in [0.717, 1.165) is 0 Å². The molecule has 0 spiro atoms. The Morgan fingerprint density at radius 2 is 2.58 bits per heavy atom. The minimum Gasteiger partial charge on any atom is -0.339 e. The average molecular weight is 185 g/mol. The molecule has 0 aliphatic heterocycles. The zero-order valence-corrected chi connectivity index (χ0v) is 7.67. The van der Waals surface area contributed by atoms with Crippen LogP contribution in [-0.2, 0) is 0 Å². The first-order chi connectivity index (χ1) is 5.75. The minimum atomic E-state index is -0.0679. The summed E-state index contributed by atoms with van der Waals surface area (Å²) in [6.45, 7) is 1.04. The van der Waals surface area contributed by atoms with Crippen LogP contribution >= 0.6 is 11.3 Å². The van der Waals surface area contributed by atoms with Crippen LogP contribution in [0.5, 0.6) is 0 Å². The molecule has 1 heterocycles. The van der Waals surface area contributed by atoms with Gasteiger partial charge in [-0.3, -0.25) is 4.79 Å². The fourth-order valence-electron chi connectivity index (χ4n) is 0.809. The van der Waals surface area contributed by atoms with Crippen LogP contribution in [0.3, 0.4) is 0 Å². The lowest BCUT2D eigenvalue weighted by Gasteiger charge is -2.13. The normalized spacial score (nSPS) is 9.83. The standard InChI is InChI=1S/C7H11N3OS/c1-10(3-2-8)7(11)6-4-12-5-9-6/h4-5H,2-3,8H2,1H3. The highest BCUT2D eigenvalue weighted by Crippen LogP contribution is 2.03. The van der Waals surface area contributed by atoms with Crippen LogP contribution in [0.15, 0.2) is 10.9 Å². The molecule has 66 valence electrons. The van der Waals surface area contributed by atoms with Crippen molar-refractivity contribution in [3.63, 3.8) is 0 Å². The average Bonchev–Trinajstić information content (AvgIpc) is 2.55. The first-order valence-corrected chi connectivity index (χ1v) is 4.53. The molecule has 0 saturated heterocycles. The number of amides is 1. The van der Waals surface area contributed by atoms with E-state index in [1.807, 2.05) is 0 Å². The van der Waals surface area contributed by atoms with Gasteiger partial charge in [-0.1, -0.05) is 0 Å². The first kappa shape index (κ1) is 9.15. The predicted molar refractivity (Wildman–Crippen MR) is 48.1 cm³/mol. The van der Waals surface area contributed by atoms with E-state index in [1.165, 1.54) is 11.3 Å². The summed E-state index contributed by atoms with van der Waals surface area (Å²) < 4.78 is 0. The number of nitrogens with two attached hydrogens (primary N) is 1. The van der Waals surface area contributed by atoms with Crippen molar-refractivity contribution in [2.75, 3.05) is 20.1 Å². The SMILES string of the molecule is CN(CCN)C(=O)c1cscn1. The van der Waals surface area contributed by atoms with E-state index < -0.39 is 0 Å². The lowest BCUT2D eigenvalue weighted by Crippen LogP contribution is -2.31. The van der Waals surface area contributed by atoms with Crippen molar-refractivity contribution in [1.82, 2.24) is 9.88 Å². The molecular formula is C7H11N3OS. The number of likely N-dealkylation sites (N-methyl/N-ethyl adjacent to an activating group) is 1. The highest BCUT2D eigenvalue weighted by molar-refractivity contribution is 7.07. The maximum absolute atomic E-state index is 11.4. The largest absolute Gasteiger partial charge is 0.339 e. The minimum absolute atomic E-state index is 0.0679. The van der Waals surface area contributed by atoms with Crippen LogP contribution in [0.4, 0.5) is 0 Å². The predicted octanol–water partition coefficient (Wildman–Crippen LogP) is 0.174. The molecule has 0 saturated carbocycles. The third-order valence-electron chi connectivity index (χ3n) is 1.46. The number of nitrogens with zero attached hydrogens (tertiary/aromatic N) is 2. The molecule has 0 aromatic carbocycles. The number of carbonyl (C=O) groups excluding carboxylic acids is 1. The van der Waals surface area contributed by atoms with Crippen molar-refractivity contribution < 1.29 is 4.79 Å². The molecule has 0 unspecified atom stereocenters. The van der Waals surface area contributed by atoms with Crippen LogP contribution in [-0.4, -0.2) is 35.9 Å². The van der Waals surface area contributed by atoms with E-state index in [9.17, 15) is 4.79 Å². The molecule has 0 atom stereocenters.